The van der Waals surface area contributed by atoms with E-state index in [0.29, 0.717) is 46.0 Å². The Hall–Kier alpha value is -6.06. The van der Waals surface area contributed by atoms with Crippen LogP contribution in [0.2, 0.25) is 0 Å². The monoisotopic (exact) mass is 750 g/mol. The van der Waals surface area contributed by atoms with Gasteiger partial charge in [-0.15, -0.1) is 0 Å². The number of aliphatic imine (C=N–C) groups is 1. The van der Waals surface area contributed by atoms with Crippen LogP contribution in [-0.2, 0) is 54.3 Å². The third kappa shape index (κ3) is 6.14. The molecule has 0 aliphatic carbocycles. The van der Waals surface area contributed by atoms with Crippen LogP contribution >= 0.6 is 0 Å². The Bertz CT molecular complexity index is 2520. The van der Waals surface area contributed by atoms with Gasteiger partial charge in [-0.25, -0.2) is 18.2 Å². The van der Waals surface area contributed by atoms with Crippen molar-refractivity contribution in [3.8, 4) is 28.6 Å². The minimum absolute atomic E-state index is 0.0246. The second kappa shape index (κ2) is 13.7. The van der Waals surface area contributed by atoms with E-state index in [-0.39, 0.29) is 54.6 Å². The Morgan fingerprint density at radius 2 is 1.80 bits per heavy atom. The zero-order chi connectivity index (χ0) is 37.6. The van der Waals surface area contributed by atoms with Crippen LogP contribution < -0.4 is 24.5 Å². The Kier molecular flexibility index (Phi) is 8.90. The summed E-state index contributed by atoms with van der Waals surface area (Å²) in [7, 11) is -2.66. The van der Waals surface area contributed by atoms with E-state index >= 15 is 0 Å². The number of fused-ring (bicyclic) bond motifs is 6. The largest absolute Gasteiger partial charge is 0.497 e. The summed E-state index contributed by atoms with van der Waals surface area (Å²) in [5.74, 6) is 0.923. The number of cyclic esters (lactones) is 1. The SMILES string of the molecule is CC[C@@]1(OCC(C=O)N=C(Cc2ccccc2)NS(=O)(=O)c2ccc(OC)cc2)C(=O)OCc2c1cc1n(c2=O)Cc2cc3cc4c(cc3nc2-1)OCO4. The van der Waals surface area contributed by atoms with Crippen molar-refractivity contribution < 1.29 is 41.7 Å². The summed E-state index contributed by atoms with van der Waals surface area (Å²) in [6, 6.07) is 20.9. The van der Waals surface area contributed by atoms with Crippen molar-refractivity contribution in [3.63, 3.8) is 0 Å². The molecule has 15 heteroatoms. The van der Waals surface area contributed by atoms with E-state index < -0.39 is 34.2 Å². The van der Waals surface area contributed by atoms with Gasteiger partial charge >= 0.3 is 5.97 Å². The number of hydrogen-bond acceptors (Lipinski definition) is 12. The second-order valence-electron chi connectivity index (χ2n) is 13.0. The van der Waals surface area contributed by atoms with Gasteiger partial charge in [-0.1, -0.05) is 37.3 Å². The molecule has 14 nitrogen and oxygen atoms in total. The molecule has 0 fully saturated rings. The van der Waals surface area contributed by atoms with Crippen LogP contribution in [0.15, 0.2) is 93.5 Å². The van der Waals surface area contributed by atoms with Gasteiger partial charge in [0.05, 0.1) is 47.6 Å². The molecule has 1 unspecified atom stereocenters. The van der Waals surface area contributed by atoms with Gasteiger partial charge in [0, 0.05) is 29.0 Å². The summed E-state index contributed by atoms with van der Waals surface area (Å²) < 4.78 is 59.1. The highest BCUT2D eigenvalue weighted by atomic mass is 32.2. The minimum Gasteiger partial charge on any atom is -0.497 e. The number of carbonyl (C=O) groups is 2. The van der Waals surface area contributed by atoms with Crippen LogP contribution in [0.3, 0.4) is 0 Å². The molecule has 5 heterocycles. The number of nitrogens with one attached hydrogen (secondary N) is 1. The second-order valence-corrected chi connectivity index (χ2v) is 14.7. The van der Waals surface area contributed by atoms with Crippen molar-refractivity contribution in [3.05, 3.63) is 111 Å². The zero-order valence-electron chi connectivity index (χ0n) is 29.2. The van der Waals surface area contributed by atoms with E-state index in [2.05, 4.69) is 9.71 Å². The number of benzene rings is 3. The number of nitrogens with zero attached hydrogens (tertiary/aromatic N) is 3. The van der Waals surface area contributed by atoms with E-state index in [1.165, 1.54) is 31.4 Å². The standard InChI is InChI=1S/C39H34N4O10S/c1-3-39(53-20-26(19-44)40-35(13-23-7-5-4-6-8-23)42-54(47,48)28-11-9-27(49-2)10-12-28)30-16-32-36-25(18-43(32)37(45)29(30)21-50-38(39)46)14-24-15-33-34(52-22-51-33)17-31(24)41-36/h4-12,14-17,19,26H,3,13,18,20-22H2,1-2H3,(H,40,42)/t26?,39-/m0/s1. The third-order valence-electron chi connectivity index (χ3n) is 9.79. The van der Waals surface area contributed by atoms with Crippen molar-refractivity contribution in [2.45, 2.75) is 49.5 Å². The zero-order valence-corrected chi connectivity index (χ0v) is 30.1. The summed E-state index contributed by atoms with van der Waals surface area (Å²) in [6.07, 6.45) is 0.606. The number of amidine groups is 1. The van der Waals surface area contributed by atoms with Gasteiger partial charge in [-0.05, 0) is 54.4 Å². The topological polar surface area (TPSA) is 174 Å². The molecule has 0 bridgehead atoms. The summed E-state index contributed by atoms with van der Waals surface area (Å²) in [5.41, 5.74) is 1.73. The van der Waals surface area contributed by atoms with E-state index in [0.717, 1.165) is 16.5 Å². The third-order valence-corrected chi connectivity index (χ3v) is 11.2. The summed E-state index contributed by atoms with van der Waals surface area (Å²) in [4.78, 5) is 49.6. The number of hydrogen-bond donors (Lipinski definition) is 1. The summed E-state index contributed by atoms with van der Waals surface area (Å²) in [5, 5.41) is 0.826. The first kappa shape index (κ1) is 35.0. The lowest BCUT2D eigenvalue weighted by atomic mass is 9.85. The van der Waals surface area contributed by atoms with Crippen LogP contribution in [0.25, 0.3) is 22.3 Å². The molecule has 2 atom stereocenters. The molecule has 0 radical (unpaired) electrons. The Morgan fingerprint density at radius 3 is 2.52 bits per heavy atom. The van der Waals surface area contributed by atoms with Crippen molar-refractivity contribution in [1.82, 2.24) is 14.3 Å². The number of rotatable bonds is 11. The van der Waals surface area contributed by atoms with Crippen LogP contribution in [0.5, 0.6) is 17.2 Å². The first-order valence-corrected chi connectivity index (χ1v) is 18.7. The highest BCUT2D eigenvalue weighted by molar-refractivity contribution is 7.90. The predicted octanol–water partition coefficient (Wildman–Crippen LogP) is 4.03. The highest BCUT2D eigenvalue weighted by Crippen LogP contribution is 2.42. The van der Waals surface area contributed by atoms with Crippen LogP contribution in [0.1, 0.15) is 35.6 Å². The lowest BCUT2D eigenvalue weighted by Gasteiger charge is -2.36. The quantitative estimate of drug-likeness (QED) is 0.0877. The van der Waals surface area contributed by atoms with Gasteiger partial charge in [0.15, 0.2) is 17.1 Å². The molecule has 5 aromatic rings. The molecule has 0 spiro atoms. The lowest BCUT2D eigenvalue weighted by Crippen LogP contribution is -2.47. The molecule has 3 aliphatic heterocycles. The molecule has 3 aliphatic rings. The number of aromatic nitrogens is 2. The summed E-state index contributed by atoms with van der Waals surface area (Å²) in [6.45, 7) is 1.41. The molecule has 0 saturated carbocycles. The number of methoxy groups -OCH3 is 1. The van der Waals surface area contributed by atoms with Crippen molar-refractivity contribution in [1.29, 1.82) is 0 Å². The molecule has 0 saturated heterocycles. The number of aldehydes is 1. The lowest BCUT2D eigenvalue weighted by molar-refractivity contribution is -0.181. The first-order chi connectivity index (χ1) is 26.1. The van der Waals surface area contributed by atoms with E-state index in [1.807, 2.05) is 18.2 Å². The number of pyridine rings is 2. The number of ether oxygens (including phenoxy) is 5. The van der Waals surface area contributed by atoms with Gasteiger partial charge in [0.2, 0.25) is 6.79 Å². The van der Waals surface area contributed by atoms with Crippen molar-refractivity contribution >= 4 is 39.0 Å². The Balaban J connectivity index is 1.13. The fourth-order valence-corrected chi connectivity index (χ4v) is 8.05. The maximum atomic E-state index is 14.0. The number of esters is 1. The predicted molar refractivity (Wildman–Crippen MR) is 195 cm³/mol. The van der Waals surface area contributed by atoms with Gasteiger partial charge < -0.3 is 33.0 Å². The average molecular weight is 751 g/mol. The average Bonchev–Trinajstić information content (AvgIpc) is 3.79. The van der Waals surface area contributed by atoms with Gasteiger partial charge in [-0.2, -0.15) is 0 Å². The molecule has 8 rings (SSSR count). The molecule has 2 aromatic heterocycles. The molecule has 3 aromatic carbocycles. The fourth-order valence-electron chi connectivity index (χ4n) is 7.00. The molecule has 54 heavy (non-hydrogen) atoms. The number of sulfonamides is 1. The highest BCUT2D eigenvalue weighted by Gasteiger charge is 2.48. The first-order valence-electron chi connectivity index (χ1n) is 17.2. The van der Waals surface area contributed by atoms with Gasteiger partial charge in [0.25, 0.3) is 15.6 Å². The van der Waals surface area contributed by atoms with Crippen LogP contribution in [0, 0.1) is 0 Å². The molecule has 0 amide bonds. The van der Waals surface area contributed by atoms with Crippen LogP contribution in [-0.4, -0.2) is 62.6 Å². The molecular formula is C39H34N4O10S. The maximum absolute atomic E-state index is 14.0. The molecule has 276 valence electrons. The Labute approximate surface area is 309 Å². The van der Waals surface area contributed by atoms with E-state index in [1.54, 1.807) is 47.9 Å². The minimum atomic E-state index is -4.13. The molecule has 1 N–H and O–H groups in total. The van der Waals surface area contributed by atoms with Crippen molar-refractivity contribution in [2.75, 3.05) is 20.5 Å². The fraction of sp³-hybridized carbons (Fsp3) is 0.256. The molecular weight excluding hydrogens is 717 g/mol. The normalized spacial score (nSPS) is 17.7. The van der Waals surface area contributed by atoms with Gasteiger partial charge in [0.1, 0.15) is 30.5 Å². The maximum Gasteiger partial charge on any atom is 0.343 e. The smallest absolute Gasteiger partial charge is 0.343 e. The van der Waals surface area contributed by atoms with Crippen LogP contribution in [0.4, 0.5) is 0 Å². The summed E-state index contributed by atoms with van der Waals surface area (Å²) >= 11 is 0. The van der Waals surface area contributed by atoms with Crippen molar-refractivity contribution in [2.24, 2.45) is 4.99 Å². The van der Waals surface area contributed by atoms with E-state index in [4.69, 9.17) is 28.7 Å². The number of carbonyl (C=O) groups excluding carboxylic acids is 2. The van der Waals surface area contributed by atoms with E-state index in [9.17, 15) is 22.8 Å². The Morgan fingerprint density at radius 1 is 1.04 bits per heavy atom. The van der Waals surface area contributed by atoms with Gasteiger partial charge in [-0.3, -0.25) is 14.5 Å².